The average Bonchev–Trinajstić information content (AvgIpc) is 2.89. The van der Waals surface area contributed by atoms with Crippen molar-refractivity contribution in [3.05, 3.63) is 35.4 Å². The van der Waals surface area contributed by atoms with Crippen molar-refractivity contribution >= 4 is 24.2 Å². The minimum absolute atomic E-state index is 0. The second kappa shape index (κ2) is 9.43. The molecule has 0 radical (unpaired) electrons. The molecule has 0 saturated carbocycles. The summed E-state index contributed by atoms with van der Waals surface area (Å²) in [6, 6.07) is 7.94. The van der Waals surface area contributed by atoms with Gasteiger partial charge in [-0.2, -0.15) is 0 Å². The van der Waals surface area contributed by atoms with Gasteiger partial charge in [0.25, 0.3) is 0 Å². The molecule has 6 heteroatoms. The number of nitrogens with one attached hydrogen (secondary N) is 1. The Morgan fingerprint density at radius 3 is 2.64 bits per heavy atom. The van der Waals surface area contributed by atoms with Crippen LogP contribution in [-0.4, -0.2) is 29.8 Å². The van der Waals surface area contributed by atoms with Gasteiger partial charge in [-0.05, 0) is 30.5 Å². The van der Waals surface area contributed by atoms with Crippen LogP contribution in [0.5, 0.6) is 0 Å². The molecule has 3 N–H and O–H groups in total. The predicted molar refractivity (Wildman–Crippen MR) is 88.5 cm³/mol. The number of hydrogen-bond donors (Lipinski definition) is 2. The Hall–Kier alpha value is -1.59. The second-order valence-electron chi connectivity index (χ2n) is 5.36. The first-order chi connectivity index (χ1) is 10.2. The van der Waals surface area contributed by atoms with Gasteiger partial charge in [-0.1, -0.05) is 24.3 Å². The number of carbonyl (C=O) groups excluding carboxylic acids is 2. The van der Waals surface area contributed by atoms with Crippen LogP contribution in [0.3, 0.4) is 0 Å². The number of benzene rings is 1. The van der Waals surface area contributed by atoms with Gasteiger partial charge in [0, 0.05) is 32.5 Å². The van der Waals surface area contributed by atoms with Crippen molar-refractivity contribution in [2.24, 2.45) is 5.73 Å². The van der Waals surface area contributed by atoms with Crippen LogP contribution < -0.4 is 11.1 Å². The maximum atomic E-state index is 11.7. The van der Waals surface area contributed by atoms with Crippen LogP contribution in [0.1, 0.15) is 36.8 Å². The van der Waals surface area contributed by atoms with E-state index in [0.29, 0.717) is 38.9 Å². The minimum Gasteiger partial charge on any atom is -0.352 e. The van der Waals surface area contributed by atoms with E-state index in [4.69, 9.17) is 5.73 Å². The molecule has 0 unspecified atom stereocenters. The molecule has 0 aromatic heterocycles. The van der Waals surface area contributed by atoms with Gasteiger partial charge >= 0.3 is 0 Å². The number of nitrogens with two attached hydrogens (primary N) is 1. The standard InChI is InChI=1S/C16H23N3O2.ClH/c17-9-3-7-15(20)18-11-13-5-1-2-6-14(13)12-19-10-4-8-16(19)21;/h1-2,5-6H,3-4,7-12,17H2,(H,18,20);1H. The molecule has 122 valence electrons. The maximum absolute atomic E-state index is 11.7. The van der Waals surface area contributed by atoms with Crippen molar-refractivity contribution in [3.8, 4) is 0 Å². The van der Waals surface area contributed by atoms with Crippen LogP contribution in [0.4, 0.5) is 0 Å². The summed E-state index contributed by atoms with van der Waals surface area (Å²) in [7, 11) is 0. The van der Waals surface area contributed by atoms with Gasteiger partial charge in [0.2, 0.25) is 11.8 Å². The number of rotatable bonds is 7. The highest BCUT2D eigenvalue weighted by Crippen LogP contribution is 2.17. The maximum Gasteiger partial charge on any atom is 0.222 e. The third-order valence-corrected chi connectivity index (χ3v) is 3.73. The summed E-state index contributed by atoms with van der Waals surface area (Å²) in [4.78, 5) is 25.3. The molecule has 1 fully saturated rings. The van der Waals surface area contributed by atoms with Crippen LogP contribution >= 0.6 is 12.4 Å². The zero-order valence-corrected chi connectivity index (χ0v) is 13.5. The number of hydrogen-bond acceptors (Lipinski definition) is 3. The lowest BCUT2D eigenvalue weighted by atomic mass is 10.1. The third-order valence-electron chi connectivity index (χ3n) is 3.73. The fourth-order valence-electron chi connectivity index (χ4n) is 2.51. The van der Waals surface area contributed by atoms with E-state index in [1.807, 2.05) is 29.2 Å². The molecule has 1 aromatic rings. The highest BCUT2D eigenvalue weighted by molar-refractivity contribution is 5.85. The monoisotopic (exact) mass is 325 g/mol. The van der Waals surface area contributed by atoms with Crippen molar-refractivity contribution in [2.45, 2.75) is 38.8 Å². The summed E-state index contributed by atoms with van der Waals surface area (Å²) in [5, 5.41) is 2.91. The number of likely N-dealkylation sites (tertiary alicyclic amines) is 1. The Bertz CT molecular complexity index is 508. The molecule has 0 bridgehead atoms. The van der Waals surface area contributed by atoms with Gasteiger partial charge in [-0.15, -0.1) is 12.4 Å². The fourth-order valence-corrected chi connectivity index (χ4v) is 2.51. The molecular weight excluding hydrogens is 302 g/mol. The number of carbonyl (C=O) groups is 2. The molecule has 1 aliphatic heterocycles. The molecule has 2 rings (SSSR count). The molecule has 1 heterocycles. The molecule has 0 aliphatic carbocycles. The Labute approximate surface area is 137 Å². The Balaban J connectivity index is 0.00000242. The first-order valence-corrected chi connectivity index (χ1v) is 7.52. The zero-order chi connectivity index (χ0) is 15.1. The quantitative estimate of drug-likeness (QED) is 0.799. The molecule has 1 saturated heterocycles. The van der Waals surface area contributed by atoms with E-state index < -0.39 is 0 Å². The lowest BCUT2D eigenvalue weighted by molar-refractivity contribution is -0.128. The minimum atomic E-state index is 0. The van der Waals surface area contributed by atoms with Crippen LogP contribution in [0.15, 0.2) is 24.3 Å². The van der Waals surface area contributed by atoms with E-state index in [-0.39, 0.29) is 24.2 Å². The van der Waals surface area contributed by atoms with E-state index >= 15 is 0 Å². The number of amides is 2. The van der Waals surface area contributed by atoms with E-state index in [0.717, 1.165) is 24.1 Å². The topological polar surface area (TPSA) is 75.4 Å². The summed E-state index contributed by atoms with van der Waals surface area (Å²) < 4.78 is 0. The van der Waals surface area contributed by atoms with Crippen molar-refractivity contribution in [3.63, 3.8) is 0 Å². The van der Waals surface area contributed by atoms with Crippen molar-refractivity contribution in [1.82, 2.24) is 10.2 Å². The summed E-state index contributed by atoms with van der Waals surface area (Å²) in [6.07, 6.45) is 2.76. The first-order valence-electron chi connectivity index (χ1n) is 7.52. The molecule has 2 amide bonds. The highest BCUT2D eigenvalue weighted by Gasteiger charge is 2.20. The van der Waals surface area contributed by atoms with Crippen LogP contribution in [0, 0.1) is 0 Å². The molecule has 0 atom stereocenters. The molecular formula is C16H24ClN3O2. The average molecular weight is 326 g/mol. The summed E-state index contributed by atoms with van der Waals surface area (Å²) in [5.74, 6) is 0.240. The van der Waals surface area contributed by atoms with Crippen molar-refractivity contribution < 1.29 is 9.59 Å². The predicted octanol–water partition coefficient (Wildman–Crippen LogP) is 1.59. The summed E-state index contributed by atoms with van der Waals surface area (Å²) in [6.45, 7) is 2.49. The van der Waals surface area contributed by atoms with Gasteiger partial charge in [0.05, 0.1) is 0 Å². The van der Waals surface area contributed by atoms with Crippen molar-refractivity contribution in [2.75, 3.05) is 13.1 Å². The first kappa shape index (κ1) is 18.5. The van der Waals surface area contributed by atoms with Crippen molar-refractivity contribution in [1.29, 1.82) is 0 Å². The van der Waals surface area contributed by atoms with Crippen LogP contribution in [0.2, 0.25) is 0 Å². The van der Waals surface area contributed by atoms with E-state index in [9.17, 15) is 9.59 Å². The molecule has 5 nitrogen and oxygen atoms in total. The Morgan fingerprint density at radius 1 is 1.27 bits per heavy atom. The van der Waals surface area contributed by atoms with Gasteiger partial charge in [0.1, 0.15) is 0 Å². The van der Waals surface area contributed by atoms with Gasteiger partial charge in [0.15, 0.2) is 0 Å². The second-order valence-corrected chi connectivity index (χ2v) is 5.36. The lowest BCUT2D eigenvalue weighted by Gasteiger charge is -2.18. The SMILES string of the molecule is Cl.NCCCC(=O)NCc1ccccc1CN1CCCC1=O. The molecule has 22 heavy (non-hydrogen) atoms. The van der Waals surface area contributed by atoms with Gasteiger partial charge in [-0.3, -0.25) is 9.59 Å². The number of halogens is 1. The summed E-state index contributed by atoms with van der Waals surface area (Å²) >= 11 is 0. The third kappa shape index (κ3) is 5.31. The van der Waals surface area contributed by atoms with E-state index in [2.05, 4.69) is 5.32 Å². The van der Waals surface area contributed by atoms with E-state index in [1.54, 1.807) is 0 Å². The molecule has 0 spiro atoms. The molecule has 1 aromatic carbocycles. The zero-order valence-electron chi connectivity index (χ0n) is 12.7. The smallest absolute Gasteiger partial charge is 0.222 e. The highest BCUT2D eigenvalue weighted by atomic mass is 35.5. The van der Waals surface area contributed by atoms with Crippen LogP contribution in [-0.2, 0) is 22.7 Å². The Morgan fingerprint density at radius 2 is 2.00 bits per heavy atom. The largest absolute Gasteiger partial charge is 0.352 e. The lowest BCUT2D eigenvalue weighted by Crippen LogP contribution is -2.27. The summed E-state index contributed by atoms with van der Waals surface area (Å²) in [5.41, 5.74) is 7.57. The Kier molecular flexibility index (Phi) is 7.91. The van der Waals surface area contributed by atoms with Gasteiger partial charge in [-0.25, -0.2) is 0 Å². The van der Waals surface area contributed by atoms with Gasteiger partial charge < -0.3 is 16.0 Å². The molecule has 1 aliphatic rings. The fraction of sp³-hybridized carbons (Fsp3) is 0.500. The van der Waals surface area contributed by atoms with E-state index in [1.165, 1.54) is 0 Å². The number of nitrogens with zero attached hydrogens (tertiary/aromatic N) is 1. The van der Waals surface area contributed by atoms with Crippen LogP contribution in [0.25, 0.3) is 0 Å². The normalized spacial score (nSPS) is 13.9.